The van der Waals surface area contributed by atoms with Crippen molar-refractivity contribution in [3.8, 4) is 0 Å². The summed E-state index contributed by atoms with van der Waals surface area (Å²) in [6.45, 7) is 0.570. The fourth-order valence-electron chi connectivity index (χ4n) is 1.23. The minimum Gasteiger partial charge on any atom is -0.465 e. The predicted octanol–water partition coefficient (Wildman–Crippen LogP) is 1.64. The zero-order valence-corrected chi connectivity index (χ0v) is 8.35. The van der Waals surface area contributed by atoms with Crippen molar-refractivity contribution in [1.29, 1.82) is 0 Å². The van der Waals surface area contributed by atoms with Gasteiger partial charge in [0.2, 0.25) is 5.92 Å². The molecule has 0 spiro atoms. The summed E-state index contributed by atoms with van der Waals surface area (Å²) in [5.74, 6) is -5.35. The molecule has 1 heterocycles. The van der Waals surface area contributed by atoms with E-state index in [0.717, 1.165) is 0 Å². The second kappa shape index (κ2) is 4.15. The van der Waals surface area contributed by atoms with Crippen molar-refractivity contribution in [1.82, 2.24) is 4.90 Å². The number of carbonyl (C=O) groups excluding carboxylic acids is 1. The molecule has 0 radical (unpaired) electrons. The van der Waals surface area contributed by atoms with Gasteiger partial charge in [-0.05, 0) is 6.92 Å². The second-order valence-corrected chi connectivity index (χ2v) is 3.30. The minimum atomic E-state index is -5.32. The lowest BCUT2D eigenvalue weighted by Gasteiger charge is -2.27. The van der Waals surface area contributed by atoms with Gasteiger partial charge in [-0.3, -0.25) is 4.79 Å². The lowest BCUT2D eigenvalue weighted by Crippen LogP contribution is -2.50. The number of carbonyl (C=O) groups is 1. The van der Waals surface area contributed by atoms with Gasteiger partial charge in [0.15, 0.2) is 0 Å². The fourth-order valence-corrected chi connectivity index (χ4v) is 1.23. The number of ether oxygens (including phenoxy) is 1. The van der Waals surface area contributed by atoms with Gasteiger partial charge in [0.25, 0.3) is 0 Å². The normalized spacial score (nSPS) is 19.4. The molecule has 1 rings (SSSR count). The summed E-state index contributed by atoms with van der Waals surface area (Å²) in [6.07, 6.45) is -5.32. The Balaban J connectivity index is 2.91. The van der Waals surface area contributed by atoms with Gasteiger partial charge in [0.1, 0.15) is 0 Å². The Kier molecular flexibility index (Phi) is 3.41. The van der Waals surface area contributed by atoms with E-state index >= 15 is 0 Å². The summed E-state index contributed by atoms with van der Waals surface area (Å²) in [6, 6.07) is -4.23. The zero-order valence-electron chi connectivity index (χ0n) is 8.35. The van der Waals surface area contributed by atoms with Crippen LogP contribution in [0.1, 0.15) is 6.92 Å². The quantitative estimate of drug-likeness (QED) is 0.327. The highest BCUT2D eigenvalue weighted by Crippen LogP contribution is 2.43. The highest BCUT2D eigenvalue weighted by atomic mass is 19.4. The third kappa shape index (κ3) is 2.60. The first kappa shape index (κ1) is 13.1. The van der Waals surface area contributed by atoms with Crippen molar-refractivity contribution in [3.05, 3.63) is 0 Å². The smallest absolute Gasteiger partial charge is 0.409 e. The molecule has 1 saturated heterocycles. The monoisotopic (exact) mass is 247 g/mol. The Morgan fingerprint density at radius 3 is 2.12 bits per heavy atom. The van der Waals surface area contributed by atoms with Gasteiger partial charge in [-0.15, -0.1) is 0 Å². The average Bonchev–Trinajstić information content (AvgIpc) is 2.81. The van der Waals surface area contributed by atoms with E-state index < -0.39 is 24.1 Å². The van der Waals surface area contributed by atoms with Crippen LogP contribution >= 0.6 is 0 Å². The fraction of sp³-hybridized carbons (Fsp3) is 0.875. The molecule has 0 aromatic carbocycles. The number of hydrogen-bond acceptors (Lipinski definition) is 3. The molecule has 0 aromatic heterocycles. The van der Waals surface area contributed by atoms with Crippen LogP contribution in [0.2, 0.25) is 0 Å². The number of esters is 1. The molecule has 1 unspecified atom stereocenters. The molecule has 0 aromatic rings. The molecule has 1 fully saturated rings. The van der Waals surface area contributed by atoms with Gasteiger partial charge in [-0.1, -0.05) is 0 Å². The third-order valence-electron chi connectivity index (χ3n) is 2.07. The minimum absolute atomic E-state index is 0.154. The van der Waals surface area contributed by atoms with E-state index in [9.17, 15) is 26.7 Å². The molecule has 3 nitrogen and oxygen atoms in total. The molecular formula is C8H10F5NO2. The summed E-state index contributed by atoms with van der Waals surface area (Å²) in [5, 5.41) is 0. The van der Waals surface area contributed by atoms with Crippen molar-refractivity contribution in [2.45, 2.75) is 19.1 Å². The Labute approximate surface area is 88.2 Å². The Hall–Kier alpha value is -0.920. The van der Waals surface area contributed by atoms with Crippen molar-refractivity contribution < 1.29 is 31.5 Å². The largest absolute Gasteiger partial charge is 0.465 e. The van der Waals surface area contributed by atoms with Crippen LogP contribution in [0.5, 0.6) is 0 Å². The number of alkyl halides is 5. The summed E-state index contributed by atoms with van der Waals surface area (Å²) in [7, 11) is 0. The lowest BCUT2D eigenvalue weighted by molar-refractivity contribution is -0.267. The van der Waals surface area contributed by atoms with Crippen LogP contribution in [-0.2, 0) is 9.53 Å². The topological polar surface area (TPSA) is 29.3 Å². The Bertz CT molecular complexity index is 274. The van der Waals surface area contributed by atoms with Gasteiger partial charge in [0.05, 0.1) is 6.61 Å². The average molecular weight is 247 g/mol. The molecule has 0 bridgehead atoms. The Morgan fingerprint density at radius 2 is 1.81 bits per heavy atom. The molecule has 8 heteroatoms. The number of rotatable bonds is 4. The number of halogens is 5. The summed E-state index contributed by atoms with van der Waals surface area (Å²) >= 11 is 0. The maximum Gasteiger partial charge on any atom is 0.409 e. The first-order chi connectivity index (χ1) is 7.21. The van der Waals surface area contributed by atoms with Crippen LogP contribution < -0.4 is 0 Å². The van der Waals surface area contributed by atoms with E-state index in [1.807, 2.05) is 0 Å². The van der Waals surface area contributed by atoms with Gasteiger partial charge in [-0.2, -0.15) is 22.0 Å². The van der Waals surface area contributed by atoms with E-state index in [1.165, 1.54) is 6.92 Å². The molecule has 1 atom stereocenters. The van der Waals surface area contributed by atoms with E-state index in [-0.39, 0.29) is 24.6 Å². The van der Waals surface area contributed by atoms with Crippen LogP contribution in [0.3, 0.4) is 0 Å². The van der Waals surface area contributed by atoms with E-state index in [0.29, 0.717) is 0 Å². The molecule has 0 saturated carbocycles. The van der Waals surface area contributed by atoms with Gasteiger partial charge >= 0.3 is 18.2 Å². The van der Waals surface area contributed by atoms with Crippen LogP contribution in [0.15, 0.2) is 0 Å². The predicted molar refractivity (Wildman–Crippen MR) is 42.7 cm³/mol. The number of nitrogens with zero attached hydrogens (tertiary/aromatic N) is 1. The maximum atomic E-state index is 13.2. The molecular weight excluding hydrogens is 237 g/mol. The van der Waals surface area contributed by atoms with Crippen LogP contribution in [0.25, 0.3) is 0 Å². The maximum absolute atomic E-state index is 13.2. The van der Waals surface area contributed by atoms with E-state index in [2.05, 4.69) is 4.74 Å². The lowest BCUT2D eigenvalue weighted by atomic mass is 10.1. The van der Waals surface area contributed by atoms with Crippen molar-refractivity contribution in [2.24, 2.45) is 5.92 Å². The zero-order chi connectivity index (χ0) is 12.6. The SMILES string of the molecule is CCOC(=O)C(C(F)(F)F)C(F)(F)N1CC1. The Morgan fingerprint density at radius 1 is 1.31 bits per heavy atom. The van der Waals surface area contributed by atoms with Gasteiger partial charge in [-0.25, -0.2) is 4.90 Å². The second-order valence-electron chi connectivity index (χ2n) is 3.30. The van der Waals surface area contributed by atoms with Crippen molar-refractivity contribution in [3.63, 3.8) is 0 Å². The van der Waals surface area contributed by atoms with Crippen LogP contribution in [-0.4, -0.2) is 42.8 Å². The first-order valence-electron chi connectivity index (χ1n) is 4.57. The van der Waals surface area contributed by atoms with E-state index in [4.69, 9.17) is 0 Å². The molecule has 94 valence electrons. The highest BCUT2D eigenvalue weighted by Gasteiger charge is 2.65. The molecule has 16 heavy (non-hydrogen) atoms. The van der Waals surface area contributed by atoms with Crippen LogP contribution in [0, 0.1) is 5.92 Å². The summed E-state index contributed by atoms with van der Waals surface area (Å²) < 4.78 is 67.6. The molecule has 0 amide bonds. The van der Waals surface area contributed by atoms with Crippen LogP contribution in [0.4, 0.5) is 22.0 Å². The number of hydrogen-bond donors (Lipinski definition) is 0. The standard InChI is InChI=1S/C8H10F5NO2/c1-2-16-6(15)5(7(9,10)11)8(12,13)14-3-4-14/h5H,2-4H2,1H3. The third-order valence-corrected chi connectivity index (χ3v) is 2.07. The van der Waals surface area contributed by atoms with Gasteiger partial charge in [0, 0.05) is 13.1 Å². The van der Waals surface area contributed by atoms with Crippen molar-refractivity contribution >= 4 is 5.97 Å². The molecule has 0 N–H and O–H groups in total. The first-order valence-corrected chi connectivity index (χ1v) is 4.57. The molecule has 0 aliphatic carbocycles. The molecule has 1 aliphatic rings. The highest BCUT2D eigenvalue weighted by molar-refractivity contribution is 5.74. The summed E-state index contributed by atoms with van der Waals surface area (Å²) in [4.78, 5) is 11.2. The van der Waals surface area contributed by atoms with E-state index in [1.54, 1.807) is 0 Å². The summed E-state index contributed by atoms with van der Waals surface area (Å²) in [5.41, 5.74) is 0. The molecule has 1 aliphatic heterocycles. The van der Waals surface area contributed by atoms with Gasteiger partial charge < -0.3 is 4.74 Å². The van der Waals surface area contributed by atoms with Crippen molar-refractivity contribution in [2.75, 3.05) is 19.7 Å².